The molecule has 180 valence electrons. The fourth-order valence-corrected chi connectivity index (χ4v) is 5.58. The number of unbranched alkanes of at least 4 members (excludes halogenated alkanes) is 3. The number of allylic oxidation sites excluding steroid dienone is 3. The molecule has 0 bridgehead atoms. The molecule has 1 heterocycles. The lowest BCUT2D eigenvalue weighted by atomic mass is 9.90. The van der Waals surface area contributed by atoms with Crippen molar-refractivity contribution in [1.82, 2.24) is 0 Å². The second-order valence-corrected chi connectivity index (χ2v) is 9.73. The molecule has 0 amide bonds. The van der Waals surface area contributed by atoms with E-state index >= 15 is 0 Å². The maximum absolute atomic E-state index is 12.4. The van der Waals surface area contributed by atoms with Crippen LogP contribution in [0.2, 0.25) is 0 Å². The fraction of sp³-hybridized carbons (Fsp3) is 0.778. The minimum Gasteiger partial charge on any atom is -0.469 e. The molecule has 5 heteroatoms. The van der Waals surface area contributed by atoms with E-state index in [-0.39, 0.29) is 30.1 Å². The van der Waals surface area contributed by atoms with Crippen LogP contribution in [0.5, 0.6) is 0 Å². The first-order valence-corrected chi connectivity index (χ1v) is 12.8. The second-order valence-electron chi connectivity index (χ2n) is 9.73. The molecule has 0 aromatic heterocycles. The number of fused-ring (bicyclic) bond motifs is 1. The first-order chi connectivity index (χ1) is 15.6. The Morgan fingerprint density at radius 1 is 1.12 bits per heavy atom. The monoisotopic (exact) mass is 446 g/mol. The number of hydrogen-bond acceptors (Lipinski definition) is 5. The van der Waals surface area contributed by atoms with Gasteiger partial charge in [0, 0.05) is 25.4 Å². The molecule has 3 aliphatic rings. The normalized spacial score (nSPS) is 31.3. The Balaban J connectivity index is 1.58. The summed E-state index contributed by atoms with van der Waals surface area (Å²) < 4.78 is 17.0. The molecule has 1 saturated heterocycles. The summed E-state index contributed by atoms with van der Waals surface area (Å²) in [4.78, 5) is 23.7. The quantitative estimate of drug-likeness (QED) is 0.161. The first kappa shape index (κ1) is 25.2. The van der Waals surface area contributed by atoms with Crippen LogP contribution < -0.4 is 0 Å². The Morgan fingerprint density at radius 3 is 2.75 bits per heavy atom. The van der Waals surface area contributed by atoms with E-state index in [1.54, 1.807) is 0 Å². The average molecular weight is 447 g/mol. The van der Waals surface area contributed by atoms with E-state index in [0.717, 1.165) is 70.8 Å². The van der Waals surface area contributed by atoms with Crippen LogP contribution in [0.15, 0.2) is 23.8 Å². The maximum Gasteiger partial charge on any atom is 0.305 e. The van der Waals surface area contributed by atoms with Gasteiger partial charge in [-0.2, -0.15) is 0 Å². The highest BCUT2D eigenvalue weighted by molar-refractivity contribution is 5.89. The molecule has 3 fully saturated rings. The van der Waals surface area contributed by atoms with E-state index in [4.69, 9.17) is 14.2 Å². The number of esters is 1. The van der Waals surface area contributed by atoms with E-state index in [0.29, 0.717) is 24.7 Å². The molecule has 0 aromatic rings. The molecule has 2 aliphatic carbocycles. The summed E-state index contributed by atoms with van der Waals surface area (Å²) in [5.41, 5.74) is 1.50. The van der Waals surface area contributed by atoms with Crippen molar-refractivity contribution >= 4 is 11.8 Å². The van der Waals surface area contributed by atoms with E-state index in [9.17, 15) is 9.59 Å². The fourth-order valence-electron chi connectivity index (χ4n) is 5.58. The molecule has 3 unspecified atom stereocenters. The largest absolute Gasteiger partial charge is 0.469 e. The lowest BCUT2D eigenvalue weighted by molar-refractivity contribution is -0.193. The molecule has 1 aliphatic heterocycles. The van der Waals surface area contributed by atoms with Crippen LogP contribution >= 0.6 is 0 Å². The van der Waals surface area contributed by atoms with Gasteiger partial charge in [0.25, 0.3) is 0 Å². The lowest BCUT2D eigenvalue weighted by Gasteiger charge is -2.29. The summed E-state index contributed by atoms with van der Waals surface area (Å²) in [6, 6.07) is 0. The van der Waals surface area contributed by atoms with Gasteiger partial charge in [-0.3, -0.25) is 9.59 Å². The molecule has 5 atom stereocenters. The summed E-state index contributed by atoms with van der Waals surface area (Å²) in [7, 11) is 1.44. The number of ketones is 1. The van der Waals surface area contributed by atoms with Crippen molar-refractivity contribution in [3.05, 3.63) is 23.8 Å². The summed E-state index contributed by atoms with van der Waals surface area (Å²) in [5, 5.41) is 0. The zero-order chi connectivity index (χ0) is 22.8. The Bertz CT molecular complexity index is 661. The van der Waals surface area contributed by atoms with Crippen molar-refractivity contribution in [1.29, 1.82) is 0 Å². The average Bonchev–Trinajstić information content (AvgIpc) is 3.33. The molecule has 5 nitrogen and oxygen atoms in total. The molecular weight excluding hydrogens is 404 g/mol. The second kappa shape index (κ2) is 13.3. The van der Waals surface area contributed by atoms with Crippen molar-refractivity contribution in [2.45, 2.75) is 103 Å². The van der Waals surface area contributed by atoms with Crippen LogP contribution in [0.25, 0.3) is 0 Å². The van der Waals surface area contributed by atoms with Gasteiger partial charge in [0.2, 0.25) is 0 Å². The zero-order valence-corrected chi connectivity index (χ0v) is 20.1. The molecule has 32 heavy (non-hydrogen) atoms. The van der Waals surface area contributed by atoms with Gasteiger partial charge in [-0.05, 0) is 75.7 Å². The zero-order valence-electron chi connectivity index (χ0n) is 20.1. The van der Waals surface area contributed by atoms with Crippen molar-refractivity contribution < 1.29 is 23.8 Å². The summed E-state index contributed by atoms with van der Waals surface area (Å²) in [6.45, 7) is 2.95. The number of ether oxygens (including phenoxy) is 3. The summed E-state index contributed by atoms with van der Waals surface area (Å²) in [5.74, 6) is 1.54. The molecule has 0 spiro atoms. The molecule has 0 N–H and O–H groups in total. The van der Waals surface area contributed by atoms with Gasteiger partial charge in [0.05, 0.1) is 13.2 Å². The minimum absolute atomic E-state index is 0.0860. The molecule has 3 rings (SSSR count). The van der Waals surface area contributed by atoms with Gasteiger partial charge in [-0.25, -0.2) is 0 Å². The number of rotatable bonds is 12. The van der Waals surface area contributed by atoms with Crippen LogP contribution in [-0.4, -0.2) is 37.9 Å². The van der Waals surface area contributed by atoms with E-state index in [2.05, 4.69) is 19.1 Å². The van der Waals surface area contributed by atoms with Gasteiger partial charge in [-0.15, -0.1) is 0 Å². The molecule has 2 saturated carbocycles. The van der Waals surface area contributed by atoms with Gasteiger partial charge in [0.1, 0.15) is 0 Å². The van der Waals surface area contributed by atoms with Crippen molar-refractivity contribution in [3.63, 3.8) is 0 Å². The highest BCUT2D eigenvalue weighted by Gasteiger charge is 2.47. The Hall–Kier alpha value is -1.46. The number of hydrogen-bond donors (Lipinski definition) is 0. The molecule has 0 aromatic carbocycles. The minimum atomic E-state index is -0.134. The highest BCUT2D eigenvalue weighted by Crippen LogP contribution is 2.52. The first-order valence-electron chi connectivity index (χ1n) is 12.8. The topological polar surface area (TPSA) is 61.8 Å². The van der Waals surface area contributed by atoms with Crippen molar-refractivity contribution in [3.8, 4) is 0 Å². The number of carbonyl (C=O) groups is 2. The molecule has 0 radical (unpaired) electrons. The van der Waals surface area contributed by atoms with E-state index < -0.39 is 0 Å². The van der Waals surface area contributed by atoms with Crippen molar-refractivity contribution in [2.24, 2.45) is 17.8 Å². The maximum atomic E-state index is 12.4. The van der Waals surface area contributed by atoms with Crippen LogP contribution in [0.1, 0.15) is 90.4 Å². The third kappa shape index (κ3) is 7.55. The van der Waals surface area contributed by atoms with Crippen LogP contribution in [0.3, 0.4) is 0 Å². The van der Waals surface area contributed by atoms with Gasteiger partial charge in [-0.1, -0.05) is 37.5 Å². The van der Waals surface area contributed by atoms with E-state index in [1.165, 1.54) is 19.1 Å². The predicted molar refractivity (Wildman–Crippen MR) is 125 cm³/mol. The Kier molecular flexibility index (Phi) is 10.5. The van der Waals surface area contributed by atoms with Gasteiger partial charge >= 0.3 is 5.97 Å². The highest BCUT2D eigenvalue weighted by atomic mass is 16.7. The lowest BCUT2D eigenvalue weighted by Crippen LogP contribution is -2.30. The van der Waals surface area contributed by atoms with Crippen LogP contribution in [-0.2, 0) is 23.8 Å². The van der Waals surface area contributed by atoms with Gasteiger partial charge < -0.3 is 14.2 Å². The smallest absolute Gasteiger partial charge is 0.305 e. The van der Waals surface area contributed by atoms with E-state index in [1.807, 2.05) is 6.08 Å². The summed E-state index contributed by atoms with van der Waals surface area (Å²) >= 11 is 0. The third-order valence-corrected chi connectivity index (χ3v) is 7.33. The van der Waals surface area contributed by atoms with Crippen LogP contribution in [0, 0.1) is 17.8 Å². The van der Waals surface area contributed by atoms with Crippen molar-refractivity contribution in [2.75, 3.05) is 13.7 Å². The van der Waals surface area contributed by atoms with Gasteiger partial charge in [0.15, 0.2) is 12.1 Å². The standard InChI is InChI=1S/C27H42O5/c1-3-4-5-11-22(28)14-15-23-24-18-20(10-6-7-12-26(29)30-2)17-21(24)19-25(23)32-27-13-8-9-16-31-27/h10,14-15,21,23-25,27H,3-9,11-13,16-19H2,1-2H3/t21-,23?,24+,25?,27?/m1/s1. The predicted octanol–water partition coefficient (Wildman–Crippen LogP) is 5.92. The van der Waals surface area contributed by atoms with Crippen LogP contribution in [0.4, 0.5) is 0 Å². The Labute approximate surface area is 193 Å². The summed E-state index contributed by atoms with van der Waals surface area (Å²) in [6.07, 6.45) is 19.0. The SMILES string of the molecule is CCCCCC(=O)C=CC1C(OC2CCCCO2)C[C@H]2CC(=CCCCC(=O)OC)C[C@H]12. The number of carbonyl (C=O) groups excluding carboxylic acids is 2. The number of methoxy groups -OCH3 is 1. The molecular formula is C27H42O5. The third-order valence-electron chi connectivity index (χ3n) is 7.33. The Morgan fingerprint density at radius 2 is 2.00 bits per heavy atom.